The van der Waals surface area contributed by atoms with Crippen LogP contribution < -0.4 is 5.32 Å². The molecule has 0 saturated heterocycles. The highest BCUT2D eigenvalue weighted by Gasteiger charge is 2.26. The fourth-order valence-electron chi connectivity index (χ4n) is 3.34. The quantitative estimate of drug-likeness (QED) is 0.732. The third-order valence-electron chi connectivity index (χ3n) is 4.81. The normalized spacial score (nSPS) is 12.7. The number of halogens is 1. The molecule has 3 aromatic rings. The molecular formula is C21H18ClN3O3. The van der Waals surface area contributed by atoms with E-state index >= 15 is 0 Å². The maximum atomic E-state index is 12.7. The van der Waals surface area contributed by atoms with Crippen molar-refractivity contribution in [3.8, 4) is 11.3 Å². The molecule has 0 spiro atoms. The van der Waals surface area contributed by atoms with Gasteiger partial charge in [0, 0.05) is 18.7 Å². The lowest BCUT2D eigenvalue weighted by Gasteiger charge is -2.15. The Morgan fingerprint density at radius 1 is 1.11 bits per heavy atom. The summed E-state index contributed by atoms with van der Waals surface area (Å²) in [6, 6.07) is 15.0. The molecule has 1 N–H and O–H groups in total. The van der Waals surface area contributed by atoms with E-state index < -0.39 is 5.91 Å². The van der Waals surface area contributed by atoms with Crippen molar-refractivity contribution in [2.24, 2.45) is 0 Å². The number of nitrogens with one attached hydrogen (secondary N) is 1. The van der Waals surface area contributed by atoms with Crippen molar-refractivity contribution >= 4 is 23.4 Å². The minimum absolute atomic E-state index is 0.0978. The first-order valence-corrected chi connectivity index (χ1v) is 9.26. The van der Waals surface area contributed by atoms with Gasteiger partial charge in [-0.2, -0.15) is 0 Å². The van der Waals surface area contributed by atoms with Crippen LogP contribution in [0.15, 0.2) is 53.1 Å². The molecule has 0 atom stereocenters. The van der Waals surface area contributed by atoms with Crippen LogP contribution in [-0.4, -0.2) is 28.4 Å². The number of nitrogens with zero attached hydrogens (tertiary/aromatic N) is 2. The number of aromatic nitrogens is 1. The second-order valence-electron chi connectivity index (χ2n) is 6.64. The molecule has 7 heteroatoms. The van der Waals surface area contributed by atoms with Gasteiger partial charge in [0.1, 0.15) is 17.0 Å². The van der Waals surface area contributed by atoms with Crippen LogP contribution in [0.3, 0.4) is 0 Å². The third-order valence-corrected chi connectivity index (χ3v) is 5.14. The summed E-state index contributed by atoms with van der Waals surface area (Å²) in [7, 11) is 0. The molecule has 1 aliphatic heterocycles. The predicted octanol–water partition coefficient (Wildman–Crippen LogP) is 3.58. The minimum atomic E-state index is -0.418. The summed E-state index contributed by atoms with van der Waals surface area (Å²) in [5, 5.41) is 7.14. The average molecular weight is 396 g/mol. The Balaban J connectivity index is 1.46. The predicted molar refractivity (Wildman–Crippen MR) is 105 cm³/mol. The number of amides is 2. The fraction of sp³-hybridized carbons (Fsp3) is 0.190. The molecule has 2 heterocycles. The number of benzene rings is 2. The van der Waals surface area contributed by atoms with Crippen molar-refractivity contribution in [3.05, 3.63) is 76.0 Å². The van der Waals surface area contributed by atoms with E-state index in [2.05, 4.69) is 10.5 Å². The van der Waals surface area contributed by atoms with Gasteiger partial charge in [-0.25, -0.2) is 0 Å². The van der Waals surface area contributed by atoms with Crippen molar-refractivity contribution in [2.75, 3.05) is 6.54 Å². The zero-order valence-electron chi connectivity index (χ0n) is 15.2. The molecule has 6 nitrogen and oxygen atoms in total. The molecule has 0 radical (unpaired) electrons. The van der Waals surface area contributed by atoms with E-state index in [-0.39, 0.29) is 18.0 Å². The summed E-state index contributed by atoms with van der Waals surface area (Å²) in [5.41, 5.74) is 3.52. The van der Waals surface area contributed by atoms with E-state index in [9.17, 15) is 9.59 Å². The van der Waals surface area contributed by atoms with Crippen LogP contribution in [-0.2, 0) is 17.9 Å². The van der Waals surface area contributed by atoms with Gasteiger partial charge >= 0.3 is 0 Å². The summed E-state index contributed by atoms with van der Waals surface area (Å²) in [4.78, 5) is 27.0. The van der Waals surface area contributed by atoms with E-state index in [4.69, 9.17) is 16.1 Å². The van der Waals surface area contributed by atoms with E-state index in [1.807, 2.05) is 30.3 Å². The van der Waals surface area contributed by atoms with Crippen LogP contribution in [0.1, 0.15) is 27.2 Å². The smallest absolute Gasteiger partial charge is 0.257 e. The minimum Gasteiger partial charge on any atom is -0.360 e. The Kier molecular flexibility index (Phi) is 4.88. The zero-order valence-corrected chi connectivity index (χ0v) is 16.0. The van der Waals surface area contributed by atoms with Crippen molar-refractivity contribution in [1.29, 1.82) is 0 Å². The third kappa shape index (κ3) is 3.39. The van der Waals surface area contributed by atoms with E-state index in [0.29, 0.717) is 35.1 Å². The molecule has 0 unspecified atom stereocenters. The number of rotatable bonds is 4. The first-order valence-electron chi connectivity index (χ1n) is 8.88. The standard InChI is InChI=1S/C21H18ClN3O3/c1-13-19(20(24-28-13)16-8-4-5-9-17(16)22)21(27)23-10-18(26)25-11-14-6-2-3-7-15(14)12-25/h2-9H,10-12H2,1H3,(H,23,27). The van der Waals surface area contributed by atoms with Gasteiger partial charge in [-0.1, -0.05) is 59.2 Å². The van der Waals surface area contributed by atoms with Crippen LogP contribution in [0, 0.1) is 6.92 Å². The lowest BCUT2D eigenvalue weighted by atomic mass is 10.1. The highest BCUT2D eigenvalue weighted by molar-refractivity contribution is 6.33. The van der Waals surface area contributed by atoms with E-state index in [1.165, 1.54) is 0 Å². The first kappa shape index (κ1) is 18.3. The highest BCUT2D eigenvalue weighted by atomic mass is 35.5. The van der Waals surface area contributed by atoms with Gasteiger partial charge in [-0.15, -0.1) is 0 Å². The van der Waals surface area contributed by atoms with Gasteiger partial charge in [0.15, 0.2) is 0 Å². The van der Waals surface area contributed by atoms with Crippen LogP contribution in [0.5, 0.6) is 0 Å². The van der Waals surface area contributed by atoms with E-state index in [0.717, 1.165) is 11.1 Å². The first-order chi connectivity index (χ1) is 13.5. The summed E-state index contributed by atoms with van der Waals surface area (Å²) in [6.45, 7) is 2.67. The van der Waals surface area contributed by atoms with E-state index in [1.54, 1.807) is 30.0 Å². The molecule has 0 bridgehead atoms. The van der Waals surface area contributed by atoms with Gasteiger partial charge in [0.25, 0.3) is 5.91 Å². The maximum Gasteiger partial charge on any atom is 0.257 e. The van der Waals surface area contributed by atoms with Crippen molar-refractivity contribution < 1.29 is 14.1 Å². The number of hydrogen-bond acceptors (Lipinski definition) is 4. The number of carbonyl (C=O) groups excluding carboxylic acids is 2. The highest BCUT2D eigenvalue weighted by Crippen LogP contribution is 2.31. The van der Waals surface area contributed by atoms with Crippen LogP contribution >= 0.6 is 11.6 Å². The van der Waals surface area contributed by atoms with Crippen LogP contribution in [0.2, 0.25) is 5.02 Å². The second-order valence-corrected chi connectivity index (χ2v) is 7.05. The van der Waals surface area contributed by atoms with Crippen LogP contribution in [0.4, 0.5) is 0 Å². The molecule has 142 valence electrons. The number of fused-ring (bicyclic) bond motifs is 1. The molecule has 2 aromatic carbocycles. The molecule has 28 heavy (non-hydrogen) atoms. The topological polar surface area (TPSA) is 75.4 Å². The maximum absolute atomic E-state index is 12.7. The molecular weight excluding hydrogens is 378 g/mol. The van der Waals surface area contributed by atoms with Gasteiger partial charge < -0.3 is 14.7 Å². The van der Waals surface area contributed by atoms with Gasteiger partial charge in [0.05, 0.1) is 11.6 Å². The molecule has 1 aliphatic rings. The summed E-state index contributed by atoms with van der Waals surface area (Å²) >= 11 is 6.23. The second kappa shape index (κ2) is 7.48. The van der Waals surface area contributed by atoms with Gasteiger partial charge in [-0.3, -0.25) is 9.59 Å². The molecule has 0 aliphatic carbocycles. The SMILES string of the molecule is Cc1onc(-c2ccccc2Cl)c1C(=O)NCC(=O)N1Cc2ccccc2C1. The summed E-state index contributed by atoms with van der Waals surface area (Å²) in [6.07, 6.45) is 0. The lowest BCUT2D eigenvalue weighted by molar-refractivity contribution is -0.130. The Morgan fingerprint density at radius 2 is 1.75 bits per heavy atom. The summed E-state index contributed by atoms with van der Waals surface area (Å²) in [5.74, 6) is -0.190. The Bertz CT molecular complexity index is 1040. The largest absolute Gasteiger partial charge is 0.360 e. The summed E-state index contributed by atoms with van der Waals surface area (Å²) < 4.78 is 5.21. The monoisotopic (exact) mass is 395 g/mol. The number of aryl methyl sites for hydroxylation is 1. The molecule has 0 saturated carbocycles. The Morgan fingerprint density at radius 3 is 2.43 bits per heavy atom. The van der Waals surface area contributed by atoms with Crippen LogP contribution in [0.25, 0.3) is 11.3 Å². The van der Waals surface area contributed by atoms with Gasteiger partial charge in [0.2, 0.25) is 5.91 Å². The zero-order chi connectivity index (χ0) is 19.7. The number of hydrogen-bond donors (Lipinski definition) is 1. The van der Waals surface area contributed by atoms with Gasteiger partial charge in [-0.05, 0) is 24.1 Å². The van der Waals surface area contributed by atoms with Crippen molar-refractivity contribution in [3.63, 3.8) is 0 Å². The number of carbonyl (C=O) groups is 2. The molecule has 4 rings (SSSR count). The van der Waals surface area contributed by atoms with Crippen molar-refractivity contribution in [2.45, 2.75) is 20.0 Å². The lowest BCUT2D eigenvalue weighted by Crippen LogP contribution is -2.37. The molecule has 1 aromatic heterocycles. The average Bonchev–Trinajstić information content (AvgIpc) is 3.30. The molecule has 2 amide bonds. The van der Waals surface area contributed by atoms with Crippen molar-refractivity contribution in [1.82, 2.24) is 15.4 Å². The Labute approximate surface area is 167 Å². The Hall–Kier alpha value is -3.12. The fourth-order valence-corrected chi connectivity index (χ4v) is 3.57. The molecule has 0 fully saturated rings.